The van der Waals surface area contributed by atoms with Crippen molar-refractivity contribution in [2.75, 3.05) is 25.0 Å². The van der Waals surface area contributed by atoms with E-state index in [2.05, 4.69) is 38.3 Å². The fourth-order valence-electron chi connectivity index (χ4n) is 3.09. The molecule has 0 aliphatic rings. The van der Waals surface area contributed by atoms with Crippen LogP contribution >= 0.6 is 12.2 Å². The van der Waals surface area contributed by atoms with Crippen LogP contribution < -0.4 is 15.4 Å². The Bertz CT molecular complexity index is 924. The summed E-state index contributed by atoms with van der Waals surface area (Å²) in [7, 11) is 0. The molecular formula is C25H33N3O3S. The van der Waals surface area contributed by atoms with Gasteiger partial charge in [0, 0.05) is 29.9 Å². The van der Waals surface area contributed by atoms with Crippen LogP contribution in [0.5, 0.6) is 5.75 Å². The molecule has 2 rings (SSSR count). The summed E-state index contributed by atoms with van der Waals surface area (Å²) in [4.78, 5) is 27.3. The highest BCUT2D eigenvalue weighted by atomic mass is 32.1. The minimum Gasteiger partial charge on any atom is -0.493 e. The first kappa shape index (κ1) is 25.3. The Morgan fingerprint density at radius 1 is 1.00 bits per heavy atom. The average Bonchev–Trinajstić information content (AvgIpc) is 2.77. The molecule has 32 heavy (non-hydrogen) atoms. The van der Waals surface area contributed by atoms with Crippen LogP contribution in [0, 0.1) is 5.92 Å². The number of amides is 2. The average molecular weight is 456 g/mol. The van der Waals surface area contributed by atoms with Gasteiger partial charge in [-0.2, -0.15) is 0 Å². The van der Waals surface area contributed by atoms with E-state index in [4.69, 9.17) is 17.0 Å². The molecule has 0 bridgehead atoms. The van der Waals surface area contributed by atoms with Crippen molar-refractivity contribution in [1.82, 2.24) is 10.2 Å². The number of nitrogens with one attached hydrogen (secondary N) is 2. The third-order valence-corrected chi connectivity index (χ3v) is 4.75. The molecule has 0 atom stereocenters. The highest BCUT2D eigenvalue weighted by molar-refractivity contribution is 7.80. The van der Waals surface area contributed by atoms with Gasteiger partial charge in [-0.25, -0.2) is 0 Å². The molecule has 172 valence electrons. The Balaban J connectivity index is 2.01. The van der Waals surface area contributed by atoms with Gasteiger partial charge in [0.05, 0.1) is 6.61 Å². The summed E-state index contributed by atoms with van der Waals surface area (Å²) >= 11 is 5.30. The van der Waals surface area contributed by atoms with Gasteiger partial charge in [0.1, 0.15) is 5.75 Å². The predicted octanol–water partition coefficient (Wildman–Crippen LogP) is 5.11. The van der Waals surface area contributed by atoms with Gasteiger partial charge in [-0.05, 0) is 67.4 Å². The zero-order valence-corrected chi connectivity index (χ0v) is 20.1. The molecule has 0 spiro atoms. The normalized spacial score (nSPS) is 10.5. The molecule has 6 nitrogen and oxygen atoms in total. The lowest BCUT2D eigenvalue weighted by atomic mass is 10.1. The number of hydrogen-bond donors (Lipinski definition) is 2. The zero-order chi connectivity index (χ0) is 23.5. The lowest BCUT2D eigenvalue weighted by molar-refractivity contribution is 0.0755. The zero-order valence-electron chi connectivity index (χ0n) is 19.3. The molecule has 0 saturated heterocycles. The number of anilines is 1. The van der Waals surface area contributed by atoms with Crippen LogP contribution in [-0.4, -0.2) is 41.5 Å². The molecule has 0 aromatic heterocycles. The topological polar surface area (TPSA) is 70.7 Å². The number of nitrogens with zero attached hydrogens (tertiary/aromatic N) is 1. The van der Waals surface area contributed by atoms with Crippen molar-refractivity contribution in [3.05, 3.63) is 59.7 Å². The van der Waals surface area contributed by atoms with Gasteiger partial charge in [-0.15, -0.1) is 0 Å². The van der Waals surface area contributed by atoms with Crippen LogP contribution in [0.4, 0.5) is 5.69 Å². The summed E-state index contributed by atoms with van der Waals surface area (Å²) in [6.45, 7) is 10.3. The van der Waals surface area contributed by atoms with Gasteiger partial charge < -0.3 is 15.0 Å². The van der Waals surface area contributed by atoms with Gasteiger partial charge in [-0.1, -0.05) is 39.8 Å². The Morgan fingerprint density at radius 3 is 2.31 bits per heavy atom. The first-order valence-electron chi connectivity index (χ1n) is 11.1. The number of rotatable bonds is 10. The maximum absolute atomic E-state index is 12.8. The van der Waals surface area contributed by atoms with Crippen LogP contribution in [0.25, 0.3) is 0 Å². The summed E-state index contributed by atoms with van der Waals surface area (Å²) in [5.74, 6) is 0.690. The van der Waals surface area contributed by atoms with Crippen molar-refractivity contribution in [3.63, 3.8) is 0 Å². The Morgan fingerprint density at radius 2 is 1.66 bits per heavy atom. The predicted molar refractivity (Wildman–Crippen MR) is 133 cm³/mol. The molecule has 0 radical (unpaired) electrons. The summed E-state index contributed by atoms with van der Waals surface area (Å²) in [5, 5.41) is 5.83. The lowest BCUT2D eigenvalue weighted by Crippen LogP contribution is -2.34. The number of thiocarbonyl (C=S) groups is 1. The van der Waals surface area contributed by atoms with Crippen molar-refractivity contribution < 1.29 is 14.3 Å². The largest absolute Gasteiger partial charge is 0.493 e. The lowest BCUT2D eigenvalue weighted by Gasteiger charge is -2.21. The van der Waals surface area contributed by atoms with Crippen LogP contribution in [0.2, 0.25) is 0 Å². The van der Waals surface area contributed by atoms with Crippen molar-refractivity contribution >= 4 is 34.8 Å². The number of carbonyl (C=O) groups excluding carboxylic acids is 2. The maximum Gasteiger partial charge on any atom is 0.257 e. The van der Waals surface area contributed by atoms with Gasteiger partial charge in [-0.3, -0.25) is 14.9 Å². The molecule has 0 saturated carbocycles. The Hall–Kier alpha value is -2.93. The van der Waals surface area contributed by atoms with E-state index < -0.39 is 0 Å². The molecule has 0 aliphatic carbocycles. The monoisotopic (exact) mass is 455 g/mol. The van der Waals surface area contributed by atoms with Crippen molar-refractivity contribution in [3.8, 4) is 5.75 Å². The highest BCUT2D eigenvalue weighted by Gasteiger charge is 2.15. The molecule has 0 heterocycles. The molecule has 2 amide bonds. The van der Waals surface area contributed by atoms with Crippen LogP contribution in [-0.2, 0) is 0 Å². The fourth-order valence-corrected chi connectivity index (χ4v) is 3.31. The summed E-state index contributed by atoms with van der Waals surface area (Å²) in [6.07, 6.45) is 1.81. The second kappa shape index (κ2) is 12.8. The van der Waals surface area contributed by atoms with E-state index in [1.54, 1.807) is 42.5 Å². The number of benzene rings is 2. The second-order valence-electron chi connectivity index (χ2n) is 8.01. The van der Waals surface area contributed by atoms with Gasteiger partial charge >= 0.3 is 0 Å². The molecule has 7 heteroatoms. The van der Waals surface area contributed by atoms with Gasteiger partial charge in [0.25, 0.3) is 11.8 Å². The van der Waals surface area contributed by atoms with Crippen molar-refractivity contribution in [1.29, 1.82) is 0 Å². The summed E-state index contributed by atoms with van der Waals surface area (Å²) in [6, 6.07) is 14.1. The molecule has 0 fully saturated rings. The minimum atomic E-state index is -0.332. The van der Waals surface area contributed by atoms with Crippen LogP contribution in [0.3, 0.4) is 0 Å². The first-order chi connectivity index (χ1) is 15.3. The smallest absolute Gasteiger partial charge is 0.257 e. The van der Waals surface area contributed by atoms with Gasteiger partial charge in [0.15, 0.2) is 5.11 Å². The van der Waals surface area contributed by atoms with E-state index in [-0.39, 0.29) is 16.9 Å². The molecule has 0 aliphatic heterocycles. The van der Waals surface area contributed by atoms with Crippen LogP contribution in [0.1, 0.15) is 61.3 Å². The van der Waals surface area contributed by atoms with Crippen LogP contribution in [0.15, 0.2) is 48.5 Å². The Kier molecular flexibility index (Phi) is 10.1. The number of carbonyl (C=O) groups is 2. The molecule has 0 unspecified atom stereocenters. The second-order valence-corrected chi connectivity index (χ2v) is 8.42. The number of hydrogen-bond acceptors (Lipinski definition) is 4. The highest BCUT2D eigenvalue weighted by Crippen LogP contribution is 2.16. The molecule has 2 aromatic carbocycles. The van der Waals surface area contributed by atoms with Crippen molar-refractivity contribution in [2.24, 2.45) is 5.92 Å². The van der Waals surface area contributed by atoms with E-state index in [0.717, 1.165) is 25.9 Å². The van der Waals surface area contributed by atoms with E-state index in [9.17, 15) is 9.59 Å². The number of ether oxygens (including phenoxy) is 1. The molecule has 2 N–H and O–H groups in total. The SMILES string of the molecule is CCCN(CCC)C(=O)c1cccc(NC(=S)NC(=O)c2cccc(OCC(C)C)c2)c1. The third-order valence-electron chi connectivity index (χ3n) is 4.55. The maximum atomic E-state index is 12.8. The summed E-state index contributed by atoms with van der Waals surface area (Å²) in [5.41, 5.74) is 1.68. The minimum absolute atomic E-state index is 0.00878. The van der Waals surface area contributed by atoms with Gasteiger partial charge in [0.2, 0.25) is 0 Å². The van der Waals surface area contributed by atoms with Crippen molar-refractivity contribution in [2.45, 2.75) is 40.5 Å². The quantitative estimate of drug-likeness (QED) is 0.487. The van der Waals surface area contributed by atoms with E-state index >= 15 is 0 Å². The molecule has 2 aromatic rings. The fraction of sp³-hybridized carbons (Fsp3) is 0.400. The Labute approximate surface area is 196 Å². The summed E-state index contributed by atoms with van der Waals surface area (Å²) < 4.78 is 5.68. The van der Waals surface area contributed by atoms with E-state index in [0.29, 0.717) is 35.1 Å². The van der Waals surface area contributed by atoms with E-state index in [1.165, 1.54) is 0 Å². The first-order valence-corrected chi connectivity index (χ1v) is 11.5. The standard InChI is InChI=1S/C25H33N3O3S/c1-5-13-28(14-6-2)24(30)20-10-7-11-21(15-20)26-25(32)27-23(29)19-9-8-12-22(16-19)31-17-18(3)4/h7-12,15-16,18H,5-6,13-14,17H2,1-4H3,(H2,26,27,29,32). The van der Waals surface area contributed by atoms with E-state index in [1.807, 2.05) is 11.0 Å². The molecular weight excluding hydrogens is 422 g/mol. The third kappa shape index (κ3) is 7.96.